The molecule has 2 rings (SSSR count). The van der Waals surface area contributed by atoms with E-state index in [2.05, 4.69) is 5.32 Å². The first-order chi connectivity index (χ1) is 10.6. The average molecular weight is 315 g/mol. The first kappa shape index (κ1) is 15.9. The van der Waals surface area contributed by atoms with Crippen LogP contribution in [0.25, 0.3) is 6.08 Å². The number of hydrogen-bond acceptors (Lipinski definition) is 3. The fourth-order valence-corrected chi connectivity index (χ4v) is 2.09. The van der Waals surface area contributed by atoms with E-state index in [-0.39, 0.29) is 5.57 Å². The number of aryl methyl sites for hydroxylation is 1. The number of halogens is 1. The molecule has 22 heavy (non-hydrogen) atoms. The number of nitrogens with zero attached hydrogens (tertiary/aromatic N) is 1. The van der Waals surface area contributed by atoms with Gasteiger partial charge >= 0.3 is 0 Å². The summed E-state index contributed by atoms with van der Waals surface area (Å²) >= 11 is 5.88. The number of carbonyl (C=O) groups is 1. The van der Waals surface area contributed by atoms with Gasteiger partial charge in [0.1, 0.15) is 23.2 Å². The summed E-state index contributed by atoms with van der Waals surface area (Å²) in [4.78, 5) is 12.0. The molecule has 0 bridgehead atoms. The highest BCUT2D eigenvalue weighted by atomic mass is 35.5. The summed E-state index contributed by atoms with van der Waals surface area (Å²) in [5, 5.41) is 12.4. The van der Waals surface area contributed by atoms with Crippen LogP contribution in [0.1, 0.15) is 24.0 Å². The van der Waals surface area contributed by atoms with E-state index in [0.29, 0.717) is 17.3 Å². The SMILES string of the molecule is CCc1ccc(/C=C(\C#N)C(=O)NCc2cccc(Cl)c2)o1. The lowest BCUT2D eigenvalue weighted by molar-refractivity contribution is -0.117. The first-order valence-electron chi connectivity index (χ1n) is 6.85. The van der Waals surface area contributed by atoms with Gasteiger partial charge in [-0.05, 0) is 29.8 Å². The van der Waals surface area contributed by atoms with Crippen LogP contribution in [0.2, 0.25) is 5.02 Å². The minimum absolute atomic E-state index is 0.000897. The Morgan fingerprint density at radius 2 is 2.23 bits per heavy atom. The van der Waals surface area contributed by atoms with Crippen LogP contribution in [0.15, 0.2) is 46.4 Å². The summed E-state index contributed by atoms with van der Waals surface area (Å²) in [6.45, 7) is 2.27. The van der Waals surface area contributed by atoms with Crippen LogP contribution in [0.4, 0.5) is 0 Å². The fraction of sp³-hybridized carbons (Fsp3) is 0.176. The van der Waals surface area contributed by atoms with Crippen LogP contribution in [-0.4, -0.2) is 5.91 Å². The van der Waals surface area contributed by atoms with Crippen molar-refractivity contribution in [1.29, 1.82) is 5.26 Å². The monoisotopic (exact) mass is 314 g/mol. The van der Waals surface area contributed by atoms with Crippen molar-refractivity contribution in [3.8, 4) is 6.07 Å². The number of furan rings is 1. The van der Waals surface area contributed by atoms with Crippen LogP contribution < -0.4 is 5.32 Å². The molecule has 0 aliphatic rings. The van der Waals surface area contributed by atoms with Gasteiger partial charge in [-0.2, -0.15) is 5.26 Å². The second-order valence-corrected chi connectivity index (χ2v) is 5.08. The molecule has 4 nitrogen and oxygen atoms in total. The number of rotatable bonds is 5. The Kier molecular flexibility index (Phi) is 5.40. The molecule has 1 heterocycles. The standard InChI is InChI=1S/C17H15ClN2O2/c1-2-15-6-7-16(22-15)9-13(10-19)17(21)20-11-12-4-3-5-14(18)8-12/h3-9H,2,11H2,1H3,(H,20,21)/b13-9+. The minimum Gasteiger partial charge on any atom is -0.462 e. The molecule has 1 aromatic carbocycles. The summed E-state index contributed by atoms with van der Waals surface area (Å²) < 4.78 is 5.47. The Bertz CT molecular complexity index is 741. The molecular formula is C17H15ClN2O2. The second-order valence-electron chi connectivity index (χ2n) is 4.64. The predicted molar refractivity (Wildman–Crippen MR) is 85.0 cm³/mol. The summed E-state index contributed by atoms with van der Waals surface area (Å²) in [7, 11) is 0. The van der Waals surface area contributed by atoms with E-state index in [1.54, 1.807) is 24.3 Å². The molecule has 1 N–H and O–H groups in total. The zero-order chi connectivity index (χ0) is 15.9. The third-order valence-corrected chi connectivity index (χ3v) is 3.26. The Balaban J connectivity index is 2.04. The van der Waals surface area contributed by atoms with Crippen molar-refractivity contribution in [2.75, 3.05) is 0 Å². The van der Waals surface area contributed by atoms with E-state index in [9.17, 15) is 4.79 Å². The fourth-order valence-electron chi connectivity index (χ4n) is 1.88. The van der Waals surface area contributed by atoms with Gasteiger partial charge in [-0.25, -0.2) is 0 Å². The minimum atomic E-state index is -0.447. The highest BCUT2D eigenvalue weighted by Crippen LogP contribution is 2.13. The Morgan fingerprint density at radius 3 is 2.86 bits per heavy atom. The maximum atomic E-state index is 12.0. The third-order valence-electron chi connectivity index (χ3n) is 3.02. The van der Waals surface area contributed by atoms with Crippen molar-refractivity contribution in [1.82, 2.24) is 5.32 Å². The van der Waals surface area contributed by atoms with Gasteiger partial charge in [0.25, 0.3) is 5.91 Å². The van der Waals surface area contributed by atoms with E-state index in [1.807, 2.05) is 25.1 Å². The zero-order valence-electron chi connectivity index (χ0n) is 12.1. The van der Waals surface area contributed by atoms with Crippen LogP contribution >= 0.6 is 11.6 Å². The van der Waals surface area contributed by atoms with Crippen molar-refractivity contribution in [3.63, 3.8) is 0 Å². The molecule has 0 aliphatic carbocycles. The van der Waals surface area contributed by atoms with Crippen molar-refractivity contribution in [2.45, 2.75) is 19.9 Å². The molecule has 112 valence electrons. The molecule has 0 saturated carbocycles. The highest BCUT2D eigenvalue weighted by molar-refractivity contribution is 6.30. The van der Waals surface area contributed by atoms with Crippen LogP contribution in [0.3, 0.4) is 0 Å². The lowest BCUT2D eigenvalue weighted by Crippen LogP contribution is -2.23. The van der Waals surface area contributed by atoms with Gasteiger partial charge in [-0.1, -0.05) is 30.7 Å². The molecule has 0 saturated heterocycles. The number of nitriles is 1. The van der Waals surface area contributed by atoms with E-state index >= 15 is 0 Å². The largest absolute Gasteiger partial charge is 0.462 e. The van der Waals surface area contributed by atoms with Crippen LogP contribution in [0.5, 0.6) is 0 Å². The summed E-state index contributed by atoms with van der Waals surface area (Å²) in [5.74, 6) is 0.853. The van der Waals surface area contributed by atoms with Gasteiger partial charge in [0.2, 0.25) is 0 Å². The molecule has 0 radical (unpaired) electrons. The molecule has 2 aromatic rings. The average Bonchev–Trinajstić information content (AvgIpc) is 2.98. The number of amides is 1. The maximum Gasteiger partial charge on any atom is 0.262 e. The van der Waals surface area contributed by atoms with Gasteiger partial charge in [-0.15, -0.1) is 0 Å². The normalized spacial score (nSPS) is 11.0. The Morgan fingerprint density at radius 1 is 1.41 bits per heavy atom. The molecule has 0 unspecified atom stereocenters. The lowest BCUT2D eigenvalue weighted by atomic mass is 10.2. The van der Waals surface area contributed by atoms with Crippen molar-refractivity contribution < 1.29 is 9.21 Å². The number of carbonyl (C=O) groups excluding carboxylic acids is 1. The molecule has 0 atom stereocenters. The summed E-state index contributed by atoms with van der Waals surface area (Å²) in [6.07, 6.45) is 2.20. The second kappa shape index (κ2) is 7.48. The number of hydrogen-bond donors (Lipinski definition) is 1. The number of nitrogens with one attached hydrogen (secondary N) is 1. The summed E-state index contributed by atoms with van der Waals surface area (Å²) in [5.41, 5.74) is 0.864. The van der Waals surface area contributed by atoms with Gasteiger partial charge in [0.15, 0.2) is 0 Å². The van der Waals surface area contributed by atoms with Crippen molar-refractivity contribution in [2.24, 2.45) is 0 Å². The van der Waals surface area contributed by atoms with Gasteiger partial charge in [0.05, 0.1) is 0 Å². The van der Waals surface area contributed by atoms with E-state index < -0.39 is 5.91 Å². The Labute approximate surface area is 134 Å². The third kappa shape index (κ3) is 4.24. The molecule has 5 heteroatoms. The molecule has 0 fully saturated rings. The number of benzene rings is 1. The van der Waals surface area contributed by atoms with Crippen LogP contribution in [-0.2, 0) is 17.8 Å². The predicted octanol–water partition coefficient (Wildman–Crippen LogP) is 3.72. The van der Waals surface area contributed by atoms with Gasteiger partial charge in [0, 0.05) is 24.1 Å². The molecule has 0 aliphatic heterocycles. The van der Waals surface area contributed by atoms with Gasteiger partial charge in [-0.3, -0.25) is 4.79 Å². The van der Waals surface area contributed by atoms with E-state index in [4.69, 9.17) is 21.3 Å². The molecule has 1 amide bonds. The van der Waals surface area contributed by atoms with E-state index in [1.165, 1.54) is 6.08 Å². The quantitative estimate of drug-likeness (QED) is 0.675. The van der Waals surface area contributed by atoms with Crippen molar-refractivity contribution in [3.05, 3.63) is 64.1 Å². The van der Waals surface area contributed by atoms with Gasteiger partial charge < -0.3 is 9.73 Å². The first-order valence-corrected chi connectivity index (χ1v) is 7.23. The summed E-state index contributed by atoms with van der Waals surface area (Å²) in [6, 6.07) is 12.6. The lowest BCUT2D eigenvalue weighted by Gasteiger charge is -2.04. The van der Waals surface area contributed by atoms with Crippen LogP contribution in [0, 0.1) is 11.3 Å². The van der Waals surface area contributed by atoms with E-state index in [0.717, 1.165) is 17.7 Å². The zero-order valence-corrected chi connectivity index (χ0v) is 12.9. The molecule has 1 aromatic heterocycles. The highest BCUT2D eigenvalue weighted by Gasteiger charge is 2.10. The maximum absolute atomic E-state index is 12.0. The topological polar surface area (TPSA) is 66.0 Å². The smallest absolute Gasteiger partial charge is 0.262 e. The van der Waals surface area contributed by atoms with Crippen molar-refractivity contribution >= 4 is 23.6 Å². The molecular weight excluding hydrogens is 300 g/mol. The molecule has 0 spiro atoms. The Hall–Kier alpha value is -2.51.